The smallest absolute Gasteiger partial charge is 0.316 e. The van der Waals surface area contributed by atoms with Crippen molar-refractivity contribution in [3.8, 4) is 0 Å². The average Bonchev–Trinajstić information content (AvgIpc) is 3.23. The van der Waals surface area contributed by atoms with Gasteiger partial charge in [-0.05, 0) is 36.1 Å². The lowest BCUT2D eigenvalue weighted by molar-refractivity contribution is -0.149. The van der Waals surface area contributed by atoms with Gasteiger partial charge in [-0.2, -0.15) is 0 Å². The highest BCUT2D eigenvalue weighted by Crippen LogP contribution is 2.23. The largest absolute Gasteiger partial charge is 0.455 e. The number of benzene rings is 1. The number of nitrogens with zero attached hydrogens (tertiary/aromatic N) is 2. The maximum absolute atomic E-state index is 12.1. The molecule has 3 aromatic rings. The number of thiophene rings is 1. The van der Waals surface area contributed by atoms with E-state index < -0.39 is 5.97 Å². The van der Waals surface area contributed by atoms with E-state index >= 15 is 0 Å². The summed E-state index contributed by atoms with van der Waals surface area (Å²) < 4.78 is 10.6. The average molecular weight is 390 g/mol. The first-order valence-electron chi connectivity index (χ1n) is 7.94. The van der Waals surface area contributed by atoms with Crippen LogP contribution in [0.5, 0.6) is 0 Å². The molecule has 0 fully saturated rings. The van der Waals surface area contributed by atoms with Crippen molar-refractivity contribution in [1.29, 1.82) is 0 Å². The van der Waals surface area contributed by atoms with Gasteiger partial charge in [0.25, 0.3) is 11.1 Å². The molecule has 3 rings (SSSR count). The van der Waals surface area contributed by atoms with E-state index in [1.807, 2.05) is 42.6 Å². The molecule has 0 N–H and O–H groups in total. The molecule has 0 saturated carbocycles. The Morgan fingerprint density at radius 3 is 2.85 bits per heavy atom. The highest BCUT2D eigenvalue weighted by Gasteiger charge is 2.15. The number of oxazole rings is 1. The topological polar surface area (TPSA) is 72.6 Å². The molecule has 0 aliphatic rings. The minimum atomic E-state index is -0.480. The van der Waals surface area contributed by atoms with Gasteiger partial charge in [0.2, 0.25) is 0 Å². The van der Waals surface area contributed by atoms with Gasteiger partial charge in [0, 0.05) is 11.9 Å². The number of hydrogen-bond acceptors (Lipinski definition) is 7. The first-order chi connectivity index (χ1) is 12.5. The van der Waals surface area contributed by atoms with Gasteiger partial charge in [-0.15, -0.1) is 11.3 Å². The zero-order valence-corrected chi connectivity index (χ0v) is 16.1. The van der Waals surface area contributed by atoms with Gasteiger partial charge in [0.1, 0.15) is 11.3 Å². The molecule has 1 aromatic carbocycles. The fraction of sp³-hybridized carbons (Fsp3) is 0.278. The molecule has 8 heteroatoms. The standard InChI is InChI=1S/C18H18N2O4S2/c1-12-7-8-25-15(12)9-20(2)16(21)10-23-17(22)11-26-18-19-13-5-3-4-6-14(13)24-18/h3-8H,9-11H2,1-2H3. The number of esters is 1. The summed E-state index contributed by atoms with van der Waals surface area (Å²) in [5, 5.41) is 2.39. The maximum atomic E-state index is 12.1. The Bertz CT molecular complexity index is 886. The van der Waals surface area contributed by atoms with Crippen LogP contribution in [0, 0.1) is 6.92 Å². The minimum absolute atomic E-state index is 0.0356. The van der Waals surface area contributed by atoms with Crippen molar-refractivity contribution in [3.05, 3.63) is 46.2 Å². The molecule has 0 radical (unpaired) electrons. The summed E-state index contributed by atoms with van der Waals surface area (Å²) in [6, 6.07) is 9.39. The predicted molar refractivity (Wildman–Crippen MR) is 101 cm³/mol. The SMILES string of the molecule is Cc1ccsc1CN(C)C(=O)COC(=O)CSc1nc2ccccc2o1. The van der Waals surface area contributed by atoms with Crippen LogP contribution in [-0.4, -0.2) is 41.2 Å². The summed E-state index contributed by atoms with van der Waals surface area (Å²) in [7, 11) is 1.70. The second kappa shape index (κ2) is 8.37. The van der Waals surface area contributed by atoms with E-state index in [0.717, 1.165) is 27.7 Å². The summed E-state index contributed by atoms with van der Waals surface area (Å²) in [4.78, 5) is 30.9. The number of ether oxygens (including phenoxy) is 1. The monoisotopic (exact) mass is 390 g/mol. The number of fused-ring (bicyclic) bond motifs is 1. The third-order valence-electron chi connectivity index (χ3n) is 3.72. The summed E-state index contributed by atoms with van der Waals surface area (Å²) in [5.74, 6) is -0.683. The van der Waals surface area contributed by atoms with Crippen LogP contribution in [0.15, 0.2) is 45.4 Å². The van der Waals surface area contributed by atoms with Crippen LogP contribution < -0.4 is 0 Å². The molecule has 2 heterocycles. The lowest BCUT2D eigenvalue weighted by Gasteiger charge is -2.16. The second-order valence-corrected chi connectivity index (χ2v) is 7.60. The van der Waals surface area contributed by atoms with Crippen LogP contribution in [0.25, 0.3) is 11.1 Å². The van der Waals surface area contributed by atoms with Gasteiger partial charge in [-0.3, -0.25) is 9.59 Å². The normalized spacial score (nSPS) is 10.8. The van der Waals surface area contributed by atoms with E-state index in [1.165, 1.54) is 0 Å². The van der Waals surface area contributed by atoms with E-state index in [2.05, 4.69) is 4.98 Å². The Morgan fingerprint density at radius 1 is 1.31 bits per heavy atom. The second-order valence-electron chi connectivity index (χ2n) is 5.67. The molecular weight excluding hydrogens is 372 g/mol. The summed E-state index contributed by atoms with van der Waals surface area (Å²) in [6.07, 6.45) is 0. The third-order valence-corrected chi connectivity index (χ3v) is 5.53. The Kier molecular flexibility index (Phi) is 5.95. The lowest BCUT2D eigenvalue weighted by atomic mass is 10.3. The molecule has 2 aromatic heterocycles. The number of aromatic nitrogens is 1. The molecule has 0 bridgehead atoms. The number of aryl methyl sites for hydroxylation is 1. The first kappa shape index (κ1) is 18.5. The molecule has 1 amide bonds. The number of para-hydroxylation sites is 2. The van der Waals surface area contributed by atoms with Gasteiger partial charge in [0.15, 0.2) is 12.2 Å². The molecule has 6 nitrogen and oxygen atoms in total. The molecule has 0 saturated heterocycles. The van der Waals surface area contributed by atoms with Crippen molar-refractivity contribution < 1.29 is 18.7 Å². The Morgan fingerprint density at radius 2 is 2.12 bits per heavy atom. The van der Waals surface area contributed by atoms with Gasteiger partial charge >= 0.3 is 5.97 Å². The third kappa shape index (κ3) is 4.64. The van der Waals surface area contributed by atoms with Crippen LogP contribution >= 0.6 is 23.1 Å². The molecule has 0 aliphatic heterocycles. The van der Waals surface area contributed by atoms with Gasteiger partial charge < -0.3 is 14.1 Å². The number of hydrogen-bond donors (Lipinski definition) is 0. The Hall–Kier alpha value is -2.32. The molecule has 26 heavy (non-hydrogen) atoms. The minimum Gasteiger partial charge on any atom is -0.455 e. The van der Waals surface area contributed by atoms with Crippen molar-refractivity contribution in [2.45, 2.75) is 18.7 Å². The number of carbonyl (C=O) groups excluding carboxylic acids is 2. The first-order valence-corrected chi connectivity index (χ1v) is 9.80. The van der Waals surface area contributed by atoms with Crippen LogP contribution in [-0.2, 0) is 20.9 Å². The predicted octanol–water partition coefficient (Wildman–Crippen LogP) is 3.49. The van der Waals surface area contributed by atoms with Crippen LogP contribution in [0.4, 0.5) is 0 Å². The number of amides is 1. The van der Waals surface area contributed by atoms with Crippen LogP contribution in [0.3, 0.4) is 0 Å². The van der Waals surface area contributed by atoms with Crippen molar-refractivity contribution in [2.75, 3.05) is 19.4 Å². The van der Waals surface area contributed by atoms with E-state index in [9.17, 15) is 9.59 Å². The van der Waals surface area contributed by atoms with Crippen molar-refractivity contribution in [1.82, 2.24) is 9.88 Å². The zero-order chi connectivity index (χ0) is 18.5. The molecule has 136 valence electrons. The summed E-state index contributed by atoms with van der Waals surface area (Å²) in [6.45, 7) is 2.25. The zero-order valence-electron chi connectivity index (χ0n) is 14.4. The fourth-order valence-corrected chi connectivity index (χ4v) is 3.79. The van der Waals surface area contributed by atoms with Gasteiger partial charge in [0.05, 0.1) is 6.54 Å². The Balaban J connectivity index is 1.43. The molecule has 0 unspecified atom stereocenters. The maximum Gasteiger partial charge on any atom is 0.316 e. The van der Waals surface area contributed by atoms with Crippen LogP contribution in [0.2, 0.25) is 0 Å². The fourth-order valence-electron chi connectivity index (χ4n) is 2.20. The lowest BCUT2D eigenvalue weighted by Crippen LogP contribution is -2.31. The van der Waals surface area contributed by atoms with Gasteiger partial charge in [-0.1, -0.05) is 23.9 Å². The molecule has 0 aliphatic carbocycles. The summed E-state index contributed by atoms with van der Waals surface area (Å²) >= 11 is 2.75. The number of thioether (sulfide) groups is 1. The number of rotatable bonds is 7. The van der Waals surface area contributed by atoms with Crippen LogP contribution in [0.1, 0.15) is 10.4 Å². The van der Waals surface area contributed by atoms with E-state index in [0.29, 0.717) is 17.4 Å². The highest BCUT2D eigenvalue weighted by molar-refractivity contribution is 7.99. The van der Waals surface area contributed by atoms with E-state index in [1.54, 1.807) is 23.3 Å². The van der Waals surface area contributed by atoms with E-state index in [4.69, 9.17) is 9.15 Å². The molecule has 0 atom stereocenters. The van der Waals surface area contributed by atoms with Crippen molar-refractivity contribution in [2.24, 2.45) is 0 Å². The quantitative estimate of drug-likeness (QED) is 0.454. The highest BCUT2D eigenvalue weighted by atomic mass is 32.2. The molecular formula is C18H18N2O4S2. The molecule has 0 spiro atoms. The van der Waals surface area contributed by atoms with Crippen molar-refractivity contribution >= 4 is 46.1 Å². The van der Waals surface area contributed by atoms with Gasteiger partial charge in [-0.25, -0.2) is 4.98 Å². The van der Waals surface area contributed by atoms with E-state index in [-0.39, 0.29) is 18.3 Å². The van der Waals surface area contributed by atoms with Crippen molar-refractivity contribution in [3.63, 3.8) is 0 Å². The number of carbonyl (C=O) groups is 2. The summed E-state index contributed by atoms with van der Waals surface area (Å²) in [5.41, 5.74) is 2.56. The Labute approximate surface area is 159 Å². The number of likely N-dealkylation sites (N-methyl/N-ethyl adjacent to an activating group) is 1.